The summed E-state index contributed by atoms with van der Waals surface area (Å²) in [6.07, 6.45) is 3.46. The van der Waals surface area contributed by atoms with E-state index in [0.29, 0.717) is 5.56 Å². The highest BCUT2D eigenvalue weighted by Crippen LogP contribution is 2.32. The van der Waals surface area contributed by atoms with Crippen molar-refractivity contribution in [1.82, 2.24) is 10.3 Å². The number of carbonyl (C=O) groups excluding carboxylic acids is 1. The van der Waals surface area contributed by atoms with Crippen LogP contribution in [0.3, 0.4) is 0 Å². The van der Waals surface area contributed by atoms with Crippen LogP contribution in [0.2, 0.25) is 0 Å². The van der Waals surface area contributed by atoms with Crippen LogP contribution < -0.4 is 5.32 Å². The number of aromatic nitrogens is 1. The number of carboxylic acid groups (broad SMARTS) is 1. The molecule has 1 amide bonds. The maximum Gasteiger partial charge on any atom is 0.310 e. The number of aromatic hydroxyl groups is 1. The summed E-state index contributed by atoms with van der Waals surface area (Å²) in [5, 5.41) is 21.9. The Morgan fingerprint density at radius 3 is 2.50 bits per heavy atom. The molecule has 0 aliphatic heterocycles. The monoisotopic (exact) mass is 400 g/mol. The topological polar surface area (TPSA) is 99.5 Å². The Morgan fingerprint density at radius 2 is 1.93 bits per heavy atom. The van der Waals surface area contributed by atoms with Gasteiger partial charge in [-0.3, -0.25) is 9.59 Å². The lowest BCUT2D eigenvalue weighted by molar-refractivity contribution is -0.146. The van der Waals surface area contributed by atoms with E-state index in [1.165, 1.54) is 31.7 Å². The summed E-state index contributed by atoms with van der Waals surface area (Å²) in [5.74, 6) is -1.11. The Kier molecular flexibility index (Phi) is 7.23. The predicted octanol–water partition coefficient (Wildman–Crippen LogP) is 3.92. The van der Waals surface area contributed by atoms with Crippen molar-refractivity contribution in [1.29, 1.82) is 0 Å². The van der Waals surface area contributed by atoms with Crippen LogP contribution in [-0.4, -0.2) is 33.6 Å². The minimum atomic E-state index is -1.11. The number of hydrogen-bond donors (Lipinski definition) is 3. The van der Waals surface area contributed by atoms with Gasteiger partial charge in [0.1, 0.15) is 5.75 Å². The minimum Gasteiger partial charge on any atom is -0.505 e. The molecule has 0 atom stereocenters. The van der Waals surface area contributed by atoms with Crippen LogP contribution in [0, 0.1) is 5.41 Å². The molecule has 0 spiro atoms. The van der Waals surface area contributed by atoms with Crippen LogP contribution in [0.15, 0.2) is 48.7 Å². The first-order valence-corrected chi connectivity index (χ1v) is 9.77. The van der Waals surface area contributed by atoms with E-state index in [1.54, 1.807) is 11.8 Å². The summed E-state index contributed by atoms with van der Waals surface area (Å²) in [4.78, 5) is 28.4. The van der Waals surface area contributed by atoms with Crippen molar-refractivity contribution in [2.45, 2.75) is 26.5 Å². The number of allylic oxidation sites excluding steroid dienone is 1. The number of aliphatic carboxylic acids is 1. The SMILES string of the molecule is C/C=C(\SCc1ccccc1)c1cnc(C(=O)NCC(C)(C)C(=O)O)c(O)c1. The molecule has 1 aromatic carbocycles. The average molecular weight is 401 g/mol. The molecule has 1 aromatic heterocycles. The number of carboxylic acids is 1. The largest absolute Gasteiger partial charge is 0.505 e. The third-order valence-electron chi connectivity index (χ3n) is 4.14. The standard InChI is InChI=1S/C21H24N2O4S/c1-4-17(28-12-14-8-6-5-7-9-14)15-10-16(24)18(22-11-15)19(25)23-13-21(2,3)20(26)27/h4-11,24H,12-13H2,1-3H3,(H,23,25)(H,26,27)/b17-4-. The summed E-state index contributed by atoms with van der Waals surface area (Å²) >= 11 is 1.61. The molecule has 3 N–H and O–H groups in total. The maximum absolute atomic E-state index is 12.2. The van der Waals surface area contributed by atoms with E-state index in [2.05, 4.69) is 10.3 Å². The molecular formula is C21H24N2O4S. The molecule has 148 valence electrons. The van der Waals surface area contributed by atoms with Crippen molar-refractivity contribution in [3.05, 3.63) is 65.5 Å². The zero-order valence-corrected chi connectivity index (χ0v) is 16.9. The van der Waals surface area contributed by atoms with Gasteiger partial charge in [-0.05, 0) is 32.4 Å². The highest BCUT2D eigenvalue weighted by atomic mass is 32.2. The van der Waals surface area contributed by atoms with Crippen LogP contribution in [0.5, 0.6) is 5.75 Å². The Balaban J connectivity index is 2.07. The molecule has 1 heterocycles. The second-order valence-corrected chi connectivity index (χ2v) is 7.91. The summed E-state index contributed by atoms with van der Waals surface area (Å²) in [6, 6.07) is 11.5. The minimum absolute atomic E-state index is 0.0723. The number of rotatable bonds is 8. The van der Waals surface area contributed by atoms with E-state index in [1.807, 2.05) is 43.3 Å². The van der Waals surface area contributed by atoms with Crippen molar-refractivity contribution in [3.8, 4) is 5.75 Å². The van der Waals surface area contributed by atoms with Crippen LogP contribution in [0.1, 0.15) is 42.4 Å². The molecule has 7 heteroatoms. The first-order chi connectivity index (χ1) is 13.2. The highest BCUT2D eigenvalue weighted by Gasteiger charge is 2.28. The molecule has 0 bridgehead atoms. The lowest BCUT2D eigenvalue weighted by Gasteiger charge is -2.19. The van der Waals surface area contributed by atoms with Gasteiger partial charge in [0.2, 0.25) is 0 Å². The van der Waals surface area contributed by atoms with Crippen molar-refractivity contribution >= 4 is 28.5 Å². The summed E-state index contributed by atoms with van der Waals surface area (Å²) in [6.45, 7) is 4.85. The van der Waals surface area contributed by atoms with Crippen LogP contribution in [-0.2, 0) is 10.5 Å². The van der Waals surface area contributed by atoms with Gasteiger partial charge in [-0.25, -0.2) is 4.98 Å². The molecule has 0 aliphatic rings. The van der Waals surface area contributed by atoms with Crippen LogP contribution in [0.25, 0.3) is 4.91 Å². The fraction of sp³-hybridized carbons (Fsp3) is 0.286. The number of carbonyl (C=O) groups is 2. The number of hydrogen-bond acceptors (Lipinski definition) is 5. The molecule has 0 fully saturated rings. The Bertz CT molecular complexity index is 879. The molecule has 0 radical (unpaired) electrons. The number of pyridine rings is 1. The summed E-state index contributed by atoms with van der Waals surface area (Å²) < 4.78 is 0. The van der Waals surface area contributed by atoms with Gasteiger partial charge >= 0.3 is 5.97 Å². The van der Waals surface area contributed by atoms with E-state index in [0.717, 1.165) is 10.7 Å². The molecule has 0 saturated heterocycles. The molecule has 0 saturated carbocycles. The van der Waals surface area contributed by atoms with Crippen LogP contribution >= 0.6 is 11.8 Å². The van der Waals surface area contributed by atoms with Crippen molar-refractivity contribution in [2.75, 3.05) is 6.54 Å². The lowest BCUT2D eigenvalue weighted by atomic mass is 9.94. The quantitative estimate of drug-likeness (QED) is 0.621. The number of amides is 1. The number of nitrogens with one attached hydrogen (secondary N) is 1. The van der Waals surface area contributed by atoms with Gasteiger partial charge in [0, 0.05) is 29.0 Å². The van der Waals surface area contributed by atoms with E-state index in [-0.39, 0.29) is 18.0 Å². The molecule has 2 aromatic rings. The molecule has 2 rings (SSSR count). The van der Waals surface area contributed by atoms with Gasteiger partial charge in [-0.1, -0.05) is 36.4 Å². The second-order valence-electron chi connectivity index (χ2n) is 6.89. The van der Waals surface area contributed by atoms with Crippen molar-refractivity contribution in [2.24, 2.45) is 5.41 Å². The van der Waals surface area contributed by atoms with Crippen molar-refractivity contribution < 1.29 is 19.8 Å². The van der Waals surface area contributed by atoms with Crippen molar-refractivity contribution in [3.63, 3.8) is 0 Å². The van der Waals surface area contributed by atoms with Gasteiger partial charge in [-0.2, -0.15) is 0 Å². The van der Waals surface area contributed by atoms with Gasteiger partial charge in [0.15, 0.2) is 5.69 Å². The highest BCUT2D eigenvalue weighted by molar-refractivity contribution is 8.07. The predicted molar refractivity (Wildman–Crippen MR) is 111 cm³/mol. The summed E-state index contributed by atoms with van der Waals surface area (Å²) in [5.41, 5.74) is 0.648. The zero-order chi connectivity index (χ0) is 20.7. The van der Waals surface area contributed by atoms with E-state index in [4.69, 9.17) is 5.11 Å². The molecule has 0 aliphatic carbocycles. The van der Waals surface area contributed by atoms with Gasteiger partial charge in [0.05, 0.1) is 5.41 Å². The average Bonchev–Trinajstić information content (AvgIpc) is 2.67. The lowest BCUT2D eigenvalue weighted by Crippen LogP contribution is -2.39. The zero-order valence-electron chi connectivity index (χ0n) is 16.1. The van der Waals surface area contributed by atoms with Gasteiger partial charge < -0.3 is 15.5 Å². The Morgan fingerprint density at radius 1 is 1.25 bits per heavy atom. The van der Waals surface area contributed by atoms with E-state index in [9.17, 15) is 14.7 Å². The number of thioether (sulfide) groups is 1. The smallest absolute Gasteiger partial charge is 0.310 e. The van der Waals surface area contributed by atoms with Gasteiger partial charge in [-0.15, -0.1) is 11.8 Å². The maximum atomic E-state index is 12.2. The first kappa shape index (κ1) is 21.5. The second kappa shape index (κ2) is 9.41. The van der Waals surface area contributed by atoms with Gasteiger partial charge in [0.25, 0.3) is 5.91 Å². The molecular weight excluding hydrogens is 376 g/mol. The third kappa shape index (κ3) is 5.60. The fourth-order valence-electron chi connectivity index (χ4n) is 2.29. The Labute approximate surface area is 168 Å². The normalized spacial score (nSPS) is 11.9. The molecule has 28 heavy (non-hydrogen) atoms. The molecule has 6 nitrogen and oxygen atoms in total. The Hall–Kier alpha value is -2.80. The molecule has 0 unspecified atom stereocenters. The van der Waals surface area contributed by atoms with E-state index < -0.39 is 17.3 Å². The third-order valence-corrected chi connectivity index (χ3v) is 5.40. The first-order valence-electron chi connectivity index (χ1n) is 8.78. The van der Waals surface area contributed by atoms with Crippen LogP contribution in [0.4, 0.5) is 0 Å². The number of benzene rings is 1. The number of nitrogens with zero attached hydrogens (tertiary/aromatic N) is 1. The summed E-state index contributed by atoms with van der Waals surface area (Å²) in [7, 11) is 0. The van der Waals surface area contributed by atoms with E-state index >= 15 is 0 Å². The fourth-order valence-corrected chi connectivity index (χ4v) is 3.25.